The number of ether oxygens (including phenoxy) is 1. The van der Waals surface area contributed by atoms with Crippen molar-refractivity contribution in [1.29, 1.82) is 0 Å². The Morgan fingerprint density at radius 1 is 1.47 bits per heavy atom. The normalized spacial score (nSPS) is 10.2. The van der Waals surface area contributed by atoms with E-state index in [4.69, 9.17) is 10.5 Å². The Morgan fingerprint density at radius 3 is 2.88 bits per heavy atom. The summed E-state index contributed by atoms with van der Waals surface area (Å²) in [6, 6.07) is 4.03. The van der Waals surface area contributed by atoms with Crippen LogP contribution in [0.2, 0.25) is 0 Å². The minimum atomic E-state index is -0.598. The molecule has 5 heteroatoms. The maximum absolute atomic E-state index is 13.4. The first-order valence-electron chi connectivity index (χ1n) is 5.47. The van der Waals surface area contributed by atoms with Crippen LogP contribution in [0.5, 0.6) is 0 Å². The molecule has 1 amide bonds. The van der Waals surface area contributed by atoms with Crippen LogP contribution in [-0.4, -0.2) is 26.2 Å². The largest absolute Gasteiger partial charge is 0.399 e. The summed E-state index contributed by atoms with van der Waals surface area (Å²) < 4.78 is 18.2. The van der Waals surface area contributed by atoms with Crippen LogP contribution >= 0.6 is 0 Å². The topological polar surface area (TPSA) is 64.3 Å². The van der Waals surface area contributed by atoms with Crippen molar-refractivity contribution < 1.29 is 13.9 Å². The molecule has 0 unspecified atom stereocenters. The van der Waals surface area contributed by atoms with Crippen molar-refractivity contribution in [2.24, 2.45) is 0 Å². The molecule has 0 atom stereocenters. The van der Waals surface area contributed by atoms with E-state index in [1.165, 1.54) is 12.1 Å². The summed E-state index contributed by atoms with van der Waals surface area (Å²) in [7, 11) is 1.63. The van der Waals surface area contributed by atoms with E-state index in [1.807, 2.05) is 0 Å². The van der Waals surface area contributed by atoms with Gasteiger partial charge in [0.1, 0.15) is 5.82 Å². The maximum Gasteiger partial charge on any atom is 0.254 e. The average molecular weight is 240 g/mol. The van der Waals surface area contributed by atoms with Crippen molar-refractivity contribution in [3.8, 4) is 0 Å². The highest BCUT2D eigenvalue weighted by atomic mass is 19.1. The number of nitrogens with two attached hydrogens (primary N) is 1. The van der Waals surface area contributed by atoms with Gasteiger partial charge in [-0.2, -0.15) is 0 Å². The fraction of sp³-hybridized carbons (Fsp3) is 0.417. The van der Waals surface area contributed by atoms with Crippen LogP contribution in [0, 0.1) is 5.82 Å². The molecule has 0 aromatic heterocycles. The SMILES string of the molecule is COCCCCNC(=O)c1ccc(N)cc1F. The molecule has 0 radical (unpaired) electrons. The number of benzene rings is 1. The number of carbonyl (C=O) groups excluding carboxylic acids is 1. The van der Waals surface area contributed by atoms with Gasteiger partial charge in [-0.05, 0) is 31.0 Å². The number of halogens is 1. The van der Waals surface area contributed by atoms with Gasteiger partial charge in [-0.25, -0.2) is 4.39 Å². The molecule has 1 aromatic carbocycles. The van der Waals surface area contributed by atoms with Crippen LogP contribution in [0.4, 0.5) is 10.1 Å². The van der Waals surface area contributed by atoms with Crippen LogP contribution in [-0.2, 0) is 4.74 Å². The quantitative estimate of drug-likeness (QED) is 0.586. The van der Waals surface area contributed by atoms with Crippen LogP contribution in [0.15, 0.2) is 18.2 Å². The van der Waals surface area contributed by atoms with E-state index in [-0.39, 0.29) is 5.56 Å². The number of amides is 1. The van der Waals surface area contributed by atoms with E-state index in [1.54, 1.807) is 7.11 Å². The molecule has 0 spiro atoms. The minimum Gasteiger partial charge on any atom is -0.399 e. The van der Waals surface area contributed by atoms with Crippen molar-refractivity contribution in [3.63, 3.8) is 0 Å². The number of hydrogen-bond acceptors (Lipinski definition) is 3. The number of rotatable bonds is 6. The number of anilines is 1. The van der Waals surface area contributed by atoms with E-state index in [9.17, 15) is 9.18 Å². The molecule has 3 N–H and O–H groups in total. The summed E-state index contributed by atoms with van der Waals surface area (Å²) in [5, 5.41) is 2.64. The molecule has 0 saturated carbocycles. The Balaban J connectivity index is 2.42. The Morgan fingerprint density at radius 2 is 2.24 bits per heavy atom. The van der Waals surface area contributed by atoms with Gasteiger partial charge in [0.05, 0.1) is 5.56 Å². The molecule has 0 fully saturated rings. The number of nitrogens with one attached hydrogen (secondary N) is 1. The van der Waals surface area contributed by atoms with Gasteiger partial charge >= 0.3 is 0 Å². The maximum atomic E-state index is 13.4. The van der Waals surface area contributed by atoms with Crippen molar-refractivity contribution in [2.45, 2.75) is 12.8 Å². The van der Waals surface area contributed by atoms with Gasteiger partial charge in [-0.15, -0.1) is 0 Å². The fourth-order valence-electron chi connectivity index (χ4n) is 1.38. The summed E-state index contributed by atoms with van der Waals surface area (Å²) in [5.41, 5.74) is 5.72. The Bertz CT molecular complexity index is 383. The van der Waals surface area contributed by atoms with E-state index >= 15 is 0 Å². The lowest BCUT2D eigenvalue weighted by molar-refractivity contribution is 0.0947. The van der Waals surface area contributed by atoms with Gasteiger partial charge in [0, 0.05) is 25.9 Å². The standard InChI is InChI=1S/C12H17FN2O2/c1-17-7-3-2-6-15-12(16)10-5-4-9(14)8-11(10)13/h4-5,8H,2-3,6-7,14H2,1H3,(H,15,16). The number of carbonyl (C=O) groups is 1. The summed E-state index contributed by atoms with van der Waals surface area (Å²) in [6.45, 7) is 1.16. The molecular formula is C12H17FN2O2. The minimum absolute atomic E-state index is 0.0194. The van der Waals surface area contributed by atoms with E-state index in [2.05, 4.69) is 5.32 Å². The lowest BCUT2D eigenvalue weighted by Gasteiger charge is -2.06. The summed E-state index contributed by atoms with van der Waals surface area (Å²) in [4.78, 5) is 11.6. The van der Waals surface area contributed by atoms with Crippen LogP contribution in [0.25, 0.3) is 0 Å². The predicted molar refractivity (Wildman–Crippen MR) is 64.3 cm³/mol. The summed E-state index contributed by atoms with van der Waals surface area (Å²) in [5.74, 6) is -1.01. The fourth-order valence-corrected chi connectivity index (χ4v) is 1.38. The Hall–Kier alpha value is -1.62. The van der Waals surface area contributed by atoms with E-state index < -0.39 is 11.7 Å². The first-order valence-corrected chi connectivity index (χ1v) is 5.47. The molecule has 4 nitrogen and oxygen atoms in total. The molecule has 0 aliphatic heterocycles. The van der Waals surface area contributed by atoms with Gasteiger partial charge in [0.2, 0.25) is 0 Å². The molecule has 17 heavy (non-hydrogen) atoms. The predicted octanol–water partition coefficient (Wildman–Crippen LogP) is 1.56. The highest BCUT2D eigenvalue weighted by molar-refractivity contribution is 5.94. The third kappa shape index (κ3) is 4.40. The smallest absolute Gasteiger partial charge is 0.254 e. The lowest BCUT2D eigenvalue weighted by atomic mass is 10.2. The summed E-state index contributed by atoms with van der Waals surface area (Å²) in [6.07, 6.45) is 1.66. The molecule has 1 rings (SSSR count). The molecule has 94 valence electrons. The van der Waals surface area contributed by atoms with Crippen molar-refractivity contribution in [3.05, 3.63) is 29.6 Å². The van der Waals surface area contributed by atoms with Crippen molar-refractivity contribution in [2.75, 3.05) is 26.0 Å². The zero-order chi connectivity index (χ0) is 12.7. The highest BCUT2D eigenvalue weighted by Crippen LogP contribution is 2.11. The van der Waals surface area contributed by atoms with Crippen LogP contribution in [0.1, 0.15) is 23.2 Å². The van der Waals surface area contributed by atoms with Crippen LogP contribution in [0.3, 0.4) is 0 Å². The van der Waals surface area contributed by atoms with Gasteiger partial charge in [0.15, 0.2) is 0 Å². The first kappa shape index (κ1) is 13.4. The number of hydrogen-bond donors (Lipinski definition) is 2. The molecule has 0 heterocycles. The second-order valence-corrected chi connectivity index (χ2v) is 3.70. The van der Waals surface area contributed by atoms with E-state index in [0.717, 1.165) is 18.9 Å². The van der Waals surface area contributed by atoms with Gasteiger partial charge in [0.25, 0.3) is 5.91 Å². The number of methoxy groups -OCH3 is 1. The summed E-state index contributed by atoms with van der Waals surface area (Å²) >= 11 is 0. The number of nitrogen functional groups attached to an aromatic ring is 1. The highest BCUT2D eigenvalue weighted by Gasteiger charge is 2.10. The van der Waals surface area contributed by atoms with Gasteiger partial charge < -0.3 is 15.8 Å². The molecule has 1 aromatic rings. The Kier molecular flexibility index (Phi) is 5.42. The van der Waals surface area contributed by atoms with Crippen molar-refractivity contribution >= 4 is 11.6 Å². The average Bonchev–Trinajstić information content (AvgIpc) is 2.28. The van der Waals surface area contributed by atoms with E-state index in [0.29, 0.717) is 18.8 Å². The molecule has 0 aliphatic carbocycles. The zero-order valence-corrected chi connectivity index (χ0v) is 9.83. The first-order chi connectivity index (χ1) is 8.15. The lowest BCUT2D eigenvalue weighted by Crippen LogP contribution is -2.25. The molecule has 0 bridgehead atoms. The monoisotopic (exact) mass is 240 g/mol. The molecule has 0 saturated heterocycles. The number of unbranched alkanes of at least 4 members (excludes halogenated alkanes) is 1. The Labute approximate surface area is 100.0 Å². The molecule has 0 aliphatic rings. The third-order valence-corrected chi connectivity index (χ3v) is 2.30. The van der Waals surface area contributed by atoms with Crippen LogP contribution < -0.4 is 11.1 Å². The van der Waals surface area contributed by atoms with Gasteiger partial charge in [-0.3, -0.25) is 4.79 Å². The zero-order valence-electron chi connectivity index (χ0n) is 9.83. The second kappa shape index (κ2) is 6.85. The third-order valence-electron chi connectivity index (χ3n) is 2.30. The van der Waals surface area contributed by atoms with Crippen molar-refractivity contribution in [1.82, 2.24) is 5.32 Å². The molecular weight excluding hydrogens is 223 g/mol. The second-order valence-electron chi connectivity index (χ2n) is 3.70. The van der Waals surface area contributed by atoms with Gasteiger partial charge in [-0.1, -0.05) is 0 Å².